The molecule has 3 rings (SSSR count). The van der Waals surface area contributed by atoms with Gasteiger partial charge in [0.15, 0.2) is 5.82 Å². The second kappa shape index (κ2) is 5.11. The number of aromatic nitrogens is 2. The van der Waals surface area contributed by atoms with Crippen LogP contribution in [0.25, 0.3) is 11.5 Å². The van der Waals surface area contributed by atoms with Crippen LogP contribution >= 0.6 is 0 Å². The highest BCUT2D eigenvalue weighted by atomic mass is 16.5. The molecule has 1 fully saturated rings. The number of likely N-dealkylation sites (tertiary alicyclic amines) is 1. The number of hydrogen-bond donors (Lipinski definition) is 1. The maximum absolute atomic E-state index is 5.89. The molecule has 5 nitrogen and oxygen atoms in total. The number of benzene rings is 1. The molecule has 0 radical (unpaired) electrons. The monoisotopic (exact) mass is 258 g/mol. The quantitative estimate of drug-likeness (QED) is 0.905. The summed E-state index contributed by atoms with van der Waals surface area (Å²) in [6.07, 6.45) is 1.04. The number of nitrogens with zero attached hydrogens (tertiary/aromatic N) is 3. The summed E-state index contributed by atoms with van der Waals surface area (Å²) in [7, 11) is 0. The van der Waals surface area contributed by atoms with Crippen molar-refractivity contribution in [2.45, 2.75) is 25.9 Å². The molecule has 0 amide bonds. The third kappa shape index (κ3) is 2.83. The molecule has 2 heterocycles. The van der Waals surface area contributed by atoms with E-state index < -0.39 is 0 Å². The van der Waals surface area contributed by atoms with Crippen LogP contribution in [0.15, 0.2) is 28.8 Å². The van der Waals surface area contributed by atoms with Crippen molar-refractivity contribution in [3.8, 4) is 11.5 Å². The Labute approximate surface area is 112 Å². The van der Waals surface area contributed by atoms with Gasteiger partial charge in [-0.2, -0.15) is 4.98 Å². The molecule has 2 N–H and O–H groups in total. The summed E-state index contributed by atoms with van der Waals surface area (Å²) in [5.41, 5.74) is 8.04. The minimum Gasteiger partial charge on any atom is -0.334 e. The molecule has 1 saturated heterocycles. The predicted molar refractivity (Wildman–Crippen MR) is 72.3 cm³/mol. The summed E-state index contributed by atoms with van der Waals surface area (Å²) in [5.74, 6) is 1.31. The van der Waals surface area contributed by atoms with Crippen molar-refractivity contribution in [1.82, 2.24) is 15.0 Å². The molecule has 0 spiro atoms. The van der Waals surface area contributed by atoms with Gasteiger partial charge in [-0.15, -0.1) is 0 Å². The molecular weight excluding hydrogens is 240 g/mol. The Balaban J connectivity index is 1.73. The highest BCUT2D eigenvalue weighted by Gasteiger charge is 2.21. The van der Waals surface area contributed by atoms with E-state index in [0.29, 0.717) is 12.4 Å². The van der Waals surface area contributed by atoms with Gasteiger partial charge >= 0.3 is 0 Å². The van der Waals surface area contributed by atoms with Gasteiger partial charge in [-0.25, -0.2) is 0 Å². The lowest BCUT2D eigenvalue weighted by atomic mass is 10.1. The summed E-state index contributed by atoms with van der Waals surface area (Å²) in [6, 6.07) is 8.35. The number of aryl methyl sites for hydroxylation is 1. The molecule has 1 aliphatic heterocycles. The van der Waals surface area contributed by atoms with E-state index in [4.69, 9.17) is 10.3 Å². The van der Waals surface area contributed by atoms with Gasteiger partial charge in [-0.05, 0) is 25.5 Å². The third-order valence-corrected chi connectivity index (χ3v) is 3.41. The molecule has 1 aromatic heterocycles. The Morgan fingerprint density at radius 1 is 1.47 bits per heavy atom. The van der Waals surface area contributed by atoms with Crippen LogP contribution < -0.4 is 5.73 Å². The number of nitrogens with two attached hydrogens (primary N) is 1. The van der Waals surface area contributed by atoms with Crippen LogP contribution in [0.3, 0.4) is 0 Å². The summed E-state index contributed by atoms with van der Waals surface area (Å²) < 4.78 is 5.32. The first-order valence-electron chi connectivity index (χ1n) is 6.58. The second-order valence-corrected chi connectivity index (χ2v) is 5.17. The topological polar surface area (TPSA) is 68.2 Å². The van der Waals surface area contributed by atoms with Crippen molar-refractivity contribution in [1.29, 1.82) is 0 Å². The molecule has 1 aromatic carbocycles. The molecule has 0 bridgehead atoms. The first-order chi connectivity index (χ1) is 9.20. The molecule has 19 heavy (non-hydrogen) atoms. The van der Waals surface area contributed by atoms with Gasteiger partial charge < -0.3 is 10.3 Å². The molecule has 1 aliphatic rings. The Morgan fingerprint density at radius 3 is 3.11 bits per heavy atom. The van der Waals surface area contributed by atoms with E-state index in [1.54, 1.807) is 0 Å². The summed E-state index contributed by atoms with van der Waals surface area (Å²) in [6.45, 7) is 4.68. The van der Waals surface area contributed by atoms with Gasteiger partial charge in [0.2, 0.25) is 0 Å². The lowest BCUT2D eigenvalue weighted by molar-refractivity contribution is 0.309. The molecule has 1 atom stereocenters. The molecule has 100 valence electrons. The zero-order chi connectivity index (χ0) is 13.2. The van der Waals surface area contributed by atoms with Crippen LogP contribution in [0.2, 0.25) is 0 Å². The normalized spacial score (nSPS) is 20.0. The summed E-state index contributed by atoms with van der Waals surface area (Å²) in [4.78, 5) is 6.71. The van der Waals surface area contributed by atoms with Crippen molar-refractivity contribution in [3.05, 3.63) is 35.7 Å². The number of hydrogen-bond acceptors (Lipinski definition) is 5. The van der Waals surface area contributed by atoms with Gasteiger partial charge in [0, 0.05) is 24.7 Å². The molecular formula is C14H18N4O. The zero-order valence-electron chi connectivity index (χ0n) is 11.0. The average Bonchev–Trinajstić information content (AvgIpc) is 2.99. The average molecular weight is 258 g/mol. The molecule has 2 aromatic rings. The van der Waals surface area contributed by atoms with Crippen LogP contribution in [0.1, 0.15) is 17.8 Å². The van der Waals surface area contributed by atoms with Crippen LogP contribution in [0, 0.1) is 6.92 Å². The third-order valence-electron chi connectivity index (χ3n) is 3.41. The van der Waals surface area contributed by atoms with Gasteiger partial charge in [-0.1, -0.05) is 22.9 Å². The van der Waals surface area contributed by atoms with Crippen LogP contribution in [-0.2, 0) is 6.54 Å². The Morgan fingerprint density at radius 2 is 2.37 bits per heavy atom. The van der Waals surface area contributed by atoms with E-state index in [9.17, 15) is 0 Å². The fourth-order valence-electron chi connectivity index (χ4n) is 2.42. The lowest BCUT2D eigenvalue weighted by Gasteiger charge is -2.11. The highest BCUT2D eigenvalue weighted by Crippen LogP contribution is 2.19. The minimum absolute atomic E-state index is 0.281. The molecule has 0 unspecified atom stereocenters. The fraction of sp³-hybridized carbons (Fsp3) is 0.429. The van der Waals surface area contributed by atoms with E-state index in [0.717, 1.165) is 30.9 Å². The van der Waals surface area contributed by atoms with Crippen molar-refractivity contribution < 1.29 is 4.52 Å². The zero-order valence-corrected chi connectivity index (χ0v) is 11.0. The van der Waals surface area contributed by atoms with Gasteiger partial charge in [0.25, 0.3) is 5.89 Å². The van der Waals surface area contributed by atoms with Crippen molar-refractivity contribution >= 4 is 0 Å². The molecule has 0 aliphatic carbocycles. The van der Waals surface area contributed by atoms with E-state index in [1.807, 2.05) is 31.2 Å². The maximum atomic E-state index is 5.89. The van der Waals surface area contributed by atoms with Gasteiger partial charge in [0.05, 0.1) is 6.54 Å². The molecule has 0 saturated carbocycles. The van der Waals surface area contributed by atoms with Crippen LogP contribution in [0.5, 0.6) is 0 Å². The van der Waals surface area contributed by atoms with Crippen molar-refractivity contribution in [2.75, 3.05) is 13.1 Å². The minimum atomic E-state index is 0.281. The molecule has 5 heteroatoms. The van der Waals surface area contributed by atoms with Crippen LogP contribution in [-0.4, -0.2) is 34.2 Å². The smallest absolute Gasteiger partial charge is 0.257 e. The highest BCUT2D eigenvalue weighted by molar-refractivity contribution is 5.53. The van der Waals surface area contributed by atoms with Crippen molar-refractivity contribution in [3.63, 3.8) is 0 Å². The maximum Gasteiger partial charge on any atom is 0.257 e. The van der Waals surface area contributed by atoms with Gasteiger partial charge in [0.1, 0.15) is 0 Å². The SMILES string of the molecule is Cc1cccc(-c2nc(CN3CC[C@H](N)C3)no2)c1. The standard InChI is InChI=1S/C14H18N4O/c1-10-3-2-4-11(7-10)14-16-13(17-19-14)9-18-6-5-12(15)8-18/h2-4,7,12H,5-6,8-9,15H2,1H3/t12-/m0/s1. The predicted octanol–water partition coefficient (Wildman–Crippen LogP) is 1.58. The van der Waals surface area contributed by atoms with E-state index >= 15 is 0 Å². The Hall–Kier alpha value is -1.72. The van der Waals surface area contributed by atoms with E-state index in [2.05, 4.69) is 15.0 Å². The van der Waals surface area contributed by atoms with E-state index in [-0.39, 0.29) is 6.04 Å². The van der Waals surface area contributed by atoms with Crippen molar-refractivity contribution in [2.24, 2.45) is 5.73 Å². The van der Waals surface area contributed by atoms with Crippen LogP contribution in [0.4, 0.5) is 0 Å². The Kier molecular flexibility index (Phi) is 3.31. The number of rotatable bonds is 3. The second-order valence-electron chi connectivity index (χ2n) is 5.17. The first-order valence-corrected chi connectivity index (χ1v) is 6.58. The van der Waals surface area contributed by atoms with E-state index in [1.165, 1.54) is 5.56 Å². The van der Waals surface area contributed by atoms with Gasteiger partial charge in [-0.3, -0.25) is 4.90 Å². The lowest BCUT2D eigenvalue weighted by Crippen LogP contribution is -2.26. The largest absolute Gasteiger partial charge is 0.334 e. The Bertz CT molecular complexity index is 566. The fourth-order valence-corrected chi connectivity index (χ4v) is 2.42. The first kappa shape index (κ1) is 12.3. The summed E-state index contributed by atoms with van der Waals surface area (Å²) in [5, 5.41) is 4.04. The summed E-state index contributed by atoms with van der Waals surface area (Å²) >= 11 is 0.